The number of hydrogen-bond acceptors (Lipinski definition) is 6. The summed E-state index contributed by atoms with van der Waals surface area (Å²) in [5.41, 5.74) is -0.732. The minimum absolute atomic E-state index is 0.0518. The molecule has 1 aromatic rings. The van der Waals surface area contributed by atoms with Crippen LogP contribution in [0, 0.1) is 11.3 Å². The van der Waals surface area contributed by atoms with Gasteiger partial charge in [0.2, 0.25) is 0 Å². The maximum atomic E-state index is 12.6. The van der Waals surface area contributed by atoms with Gasteiger partial charge in [0.05, 0.1) is 35.6 Å². The third kappa shape index (κ3) is 5.63. The number of hydrogen-bond donors (Lipinski definition) is 0. The minimum atomic E-state index is -0.731. The summed E-state index contributed by atoms with van der Waals surface area (Å²) in [4.78, 5) is 31.7. The molecule has 2 unspecified atom stereocenters. The van der Waals surface area contributed by atoms with Gasteiger partial charge in [0.15, 0.2) is 0 Å². The SMILES string of the molecule is CCOC(=O)CC1(CCC2CCCN2C(=O)OC(C)(C)C)C=c2ccc(C#N)cc2=N1. The van der Waals surface area contributed by atoms with Crippen LogP contribution in [0.25, 0.3) is 6.08 Å². The van der Waals surface area contributed by atoms with Gasteiger partial charge in [0.25, 0.3) is 0 Å². The summed E-state index contributed by atoms with van der Waals surface area (Å²) in [7, 11) is 0. The number of amides is 1. The Balaban J connectivity index is 1.80. The highest BCUT2D eigenvalue weighted by Crippen LogP contribution is 2.32. The number of nitrogens with zero attached hydrogens (tertiary/aromatic N) is 3. The Hall–Kier alpha value is -2.88. The van der Waals surface area contributed by atoms with Crippen molar-refractivity contribution >= 4 is 18.1 Å². The first-order chi connectivity index (χ1) is 14.6. The van der Waals surface area contributed by atoms with Gasteiger partial charge in [-0.3, -0.25) is 9.79 Å². The van der Waals surface area contributed by atoms with Gasteiger partial charge in [0.1, 0.15) is 5.60 Å². The molecular formula is C24H31N3O4. The lowest BCUT2D eigenvalue weighted by molar-refractivity contribution is -0.144. The maximum Gasteiger partial charge on any atom is 0.410 e. The lowest BCUT2D eigenvalue weighted by Gasteiger charge is -2.31. The Kier molecular flexibility index (Phi) is 6.68. The zero-order valence-corrected chi connectivity index (χ0v) is 18.8. The molecule has 1 fully saturated rings. The van der Waals surface area contributed by atoms with Gasteiger partial charge in [-0.05, 0) is 76.8 Å². The molecule has 0 saturated carbocycles. The second-order valence-corrected chi connectivity index (χ2v) is 9.24. The lowest BCUT2D eigenvalue weighted by Crippen LogP contribution is -2.40. The topological polar surface area (TPSA) is 92.0 Å². The maximum absolute atomic E-state index is 12.6. The van der Waals surface area contributed by atoms with Crippen molar-refractivity contribution < 1.29 is 19.1 Å². The predicted molar refractivity (Wildman–Crippen MR) is 116 cm³/mol. The number of rotatable bonds is 6. The summed E-state index contributed by atoms with van der Waals surface area (Å²) < 4.78 is 10.8. The molecule has 3 rings (SSSR count). The van der Waals surface area contributed by atoms with Crippen molar-refractivity contribution in [1.29, 1.82) is 5.26 Å². The van der Waals surface area contributed by atoms with E-state index < -0.39 is 11.1 Å². The van der Waals surface area contributed by atoms with E-state index in [0.717, 1.165) is 23.4 Å². The molecule has 0 spiro atoms. The predicted octanol–water partition coefficient (Wildman–Crippen LogP) is 2.84. The van der Waals surface area contributed by atoms with Crippen LogP contribution in [0.4, 0.5) is 4.79 Å². The fourth-order valence-electron chi connectivity index (χ4n) is 4.28. The zero-order valence-electron chi connectivity index (χ0n) is 18.8. The van der Waals surface area contributed by atoms with Crippen LogP contribution in [0.1, 0.15) is 65.4 Å². The zero-order chi connectivity index (χ0) is 22.6. The molecule has 7 heteroatoms. The second kappa shape index (κ2) is 9.09. The number of likely N-dealkylation sites (tertiary alicyclic amines) is 1. The number of ether oxygens (including phenoxy) is 2. The highest BCUT2D eigenvalue weighted by Gasteiger charge is 2.37. The molecule has 2 heterocycles. The summed E-state index contributed by atoms with van der Waals surface area (Å²) in [6, 6.07) is 7.56. The largest absolute Gasteiger partial charge is 0.466 e. The van der Waals surface area contributed by atoms with Crippen LogP contribution in [-0.2, 0) is 14.3 Å². The molecule has 1 aromatic carbocycles. The first-order valence-corrected chi connectivity index (χ1v) is 10.9. The van der Waals surface area contributed by atoms with Crippen LogP contribution >= 0.6 is 0 Å². The van der Waals surface area contributed by atoms with E-state index in [1.54, 1.807) is 24.0 Å². The number of esters is 1. The van der Waals surface area contributed by atoms with E-state index in [4.69, 9.17) is 14.5 Å². The van der Waals surface area contributed by atoms with E-state index in [1.165, 1.54) is 0 Å². The van der Waals surface area contributed by atoms with E-state index in [1.807, 2.05) is 32.9 Å². The number of carbonyl (C=O) groups is 2. The molecule has 166 valence electrons. The summed E-state index contributed by atoms with van der Waals surface area (Å²) in [5.74, 6) is -0.300. The Morgan fingerprint density at radius 3 is 2.81 bits per heavy atom. The Morgan fingerprint density at radius 1 is 1.35 bits per heavy atom. The molecule has 0 aromatic heterocycles. The number of fused-ring (bicyclic) bond motifs is 1. The van der Waals surface area contributed by atoms with Gasteiger partial charge in [-0.1, -0.05) is 6.07 Å². The fraction of sp³-hybridized carbons (Fsp3) is 0.583. The Bertz CT molecular complexity index is 1010. The summed E-state index contributed by atoms with van der Waals surface area (Å²) in [6.45, 7) is 8.37. The molecule has 1 amide bonds. The number of carbonyl (C=O) groups excluding carboxylic acids is 2. The molecule has 0 radical (unpaired) electrons. The lowest BCUT2D eigenvalue weighted by atomic mass is 9.88. The van der Waals surface area contributed by atoms with Crippen LogP contribution in [0.15, 0.2) is 23.2 Å². The van der Waals surface area contributed by atoms with Crippen LogP contribution in [0.3, 0.4) is 0 Å². The molecule has 1 saturated heterocycles. The third-order valence-electron chi connectivity index (χ3n) is 5.60. The summed E-state index contributed by atoms with van der Waals surface area (Å²) in [5, 5.41) is 10.8. The molecule has 2 aliphatic heterocycles. The average molecular weight is 426 g/mol. The van der Waals surface area contributed by atoms with Gasteiger partial charge in [-0.15, -0.1) is 0 Å². The number of benzene rings is 1. The molecule has 0 N–H and O–H groups in total. The molecule has 2 atom stereocenters. The monoisotopic (exact) mass is 425 g/mol. The van der Waals surface area contributed by atoms with Crippen LogP contribution in [0.2, 0.25) is 0 Å². The van der Waals surface area contributed by atoms with Crippen molar-refractivity contribution in [3.63, 3.8) is 0 Å². The van der Waals surface area contributed by atoms with Gasteiger partial charge >= 0.3 is 12.1 Å². The average Bonchev–Trinajstić information content (AvgIpc) is 3.29. The van der Waals surface area contributed by atoms with Gasteiger partial charge in [0, 0.05) is 12.6 Å². The highest BCUT2D eigenvalue weighted by atomic mass is 16.6. The quantitative estimate of drug-likeness (QED) is 0.654. The molecular weight excluding hydrogens is 394 g/mol. The van der Waals surface area contributed by atoms with Crippen molar-refractivity contribution in [2.75, 3.05) is 13.2 Å². The van der Waals surface area contributed by atoms with Crippen molar-refractivity contribution in [3.05, 3.63) is 34.3 Å². The van der Waals surface area contributed by atoms with E-state index in [9.17, 15) is 14.9 Å². The van der Waals surface area contributed by atoms with Crippen LogP contribution in [0.5, 0.6) is 0 Å². The molecule has 31 heavy (non-hydrogen) atoms. The molecule has 0 aliphatic carbocycles. The van der Waals surface area contributed by atoms with Gasteiger partial charge in [-0.2, -0.15) is 5.26 Å². The normalized spacial score (nSPS) is 22.2. The van der Waals surface area contributed by atoms with Crippen molar-refractivity contribution in [2.24, 2.45) is 4.99 Å². The second-order valence-electron chi connectivity index (χ2n) is 9.24. The third-order valence-corrected chi connectivity index (χ3v) is 5.60. The Morgan fingerprint density at radius 2 is 2.13 bits per heavy atom. The standard InChI is InChI=1S/C24H31N3O4/c1-5-30-21(28)15-24(14-18-9-8-17(16-25)13-20(18)26-24)11-10-19-7-6-12-27(19)22(29)31-23(2,3)4/h8-9,13-14,19H,5-7,10-12,15H2,1-4H3. The smallest absolute Gasteiger partial charge is 0.410 e. The first kappa shape index (κ1) is 22.8. The Labute approximate surface area is 183 Å². The molecule has 2 aliphatic rings. The van der Waals surface area contributed by atoms with E-state index in [-0.39, 0.29) is 24.5 Å². The highest BCUT2D eigenvalue weighted by molar-refractivity contribution is 5.73. The molecule has 0 bridgehead atoms. The fourth-order valence-corrected chi connectivity index (χ4v) is 4.28. The van der Waals surface area contributed by atoms with Gasteiger partial charge < -0.3 is 14.4 Å². The van der Waals surface area contributed by atoms with Gasteiger partial charge in [-0.25, -0.2) is 4.79 Å². The van der Waals surface area contributed by atoms with Crippen molar-refractivity contribution in [1.82, 2.24) is 4.90 Å². The minimum Gasteiger partial charge on any atom is -0.466 e. The number of nitriles is 1. The van der Waals surface area contributed by atoms with Crippen LogP contribution < -0.4 is 10.6 Å². The summed E-state index contributed by atoms with van der Waals surface area (Å²) >= 11 is 0. The van der Waals surface area contributed by atoms with E-state index in [2.05, 4.69) is 6.07 Å². The molecule has 7 nitrogen and oxygen atoms in total. The first-order valence-electron chi connectivity index (χ1n) is 10.9. The van der Waals surface area contributed by atoms with Crippen molar-refractivity contribution in [2.45, 2.75) is 77.0 Å². The van der Waals surface area contributed by atoms with E-state index >= 15 is 0 Å². The van der Waals surface area contributed by atoms with Crippen LogP contribution in [-0.4, -0.2) is 47.3 Å². The van der Waals surface area contributed by atoms with Crippen molar-refractivity contribution in [3.8, 4) is 6.07 Å². The van der Waals surface area contributed by atoms with E-state index in [0.29, 0.717) is 31.6 Å². The summed E-state index contributed by atoms with van der Waals surface area (Å²) in [6.07, 6.45) is 5.00.